The van der Waals surface area contributed by atoms with Crippen molar-refractivity contribution in [3.8, 4) is 5.75 Å². The summed E-state index contributed by atoms with van der Waals surface area (Å²) >= 11 is 0. The number of anilines is 1. The summed E-state index contributed by atoms with van der Waals surface area (Å²) in [5, 5.41) is 1.18. The zero-order chi connectivity index (χ0) is 33.0. The third kappa shape index (κ3) is 6.99. The van der Waals surface area contributed by atoms with E-state index in [1.165, 1.54) is 43.6 Å². The van der Waals surface area contributed by atoms with Gasteiger partial charge in [0.15, 0.2) is 0 Å². The molecule has 10 nitrogen and oxygen atoms in total. The van der Waals surface area contributed by atoms with Crippen LogP contribution in [0.5, 0.6) is 5.75 Å². The Bertz CT molecular complexity index is 2060. The maximum absolute atomic E-state index is 14.2. The van der Waals surface area contributed by atoms with Crippen molar-refractivity contribution in [2.24, 2.45) is 0 Å². The number of carbonyl (C=O) groups excluding carboxylic acids is 1. The normalized spacial score (nSPS) is 14.7. The summed E-state index contributed by atoms with van der Waals surface area (Å²) in [4.78, 5) is 22.4. The number of piperazine rings is 1. The van der Waals surface area contributed by atoms with Crippen molar-refractivity contribution in [1.82, 2.24) is 14.2 Å². The Hall–Kier alpha value is -4.78. The first-order chi connectivity index (χ1) is 22.6. The van der Waals surface area contributed by atoms with Gasteiger partial charge in [0.1, 0.15) is 16.7 Å². The molecule has 6 rings (SSSR count). The summed E-state index contributed by atoms with van der Waals surface area (Å²) in [6.45, 7) is 2.08. The Morgan fingerprint density at radius 2 is 1.47 bits per heavy atom. The van der Waals surface area contributed by atoms with Gasteiger partial charge < -0.3 is 14.0 Å². The van der Waals surface area contributed by atoms with Crippen molar-refractivity contribution in [3.63, 3.8) is 0 Å². The van der Waals surface area contributed by atoms with Gasteiger partial charge in [-0.2, -0.15) is 12.7 Å². The lowest BCUT2D eigenvalue weighted by atomic mass is 10.0. The van der Waals surface area contributed by atoms with Crippen LogP contribution in [0.4, 0.5) is 5.69 Å². The third-order valence-electron chi connectivity index (χ3n) is 8.32. The predicted octanol–water partition coefficient (Wildman–Crippen LogP) is 4.58. The third-order valence-corrected chi connectivity index (χ3v) is 11.5. The molecule has 1 aromatic heterocycles. The van der Waals surface area contributed by atoms with E-state index in [1.807, 2.05) is 30.3 Å². The van der Waals surface area contributed by atoms with Gasteiger partial charge in [-0.3, -0.25) is 9.78 Å². The highest BCUT2D eigenvalue weighted by atomic mass is 32.2. The predicted molar refractivity (Wildman–Crippen MR) is 180 cm³/mol. The lowest BCUT2D eigenvalue weighted by Crippen LogP contribution is -2.56. The van der Waals surface area contributed by atoms with Gasteiger partial charge in [-0.05, 0) is 60.5 Å². The number of aromatic nitrogens is 1. The highest BCUT2D eigenvalue weighted by Crippen LogP contribution is 2.28. The van der Waals surface area contributed by atoms with E-state index in [0.29, 0.717) is 42.5 Å². The van der Waals surface area contributed by atoms with E-state index in [0.717, 1.165) is 9.99 Å². The molecule has 12 heteroatoms. The molecule has 1 unspecified atom stereocenters. The number of benzene rings is 4. The molecule has 0 bridgehead atoms. The summed E-state index contributed by atoms with van der Waals surface area (Å²) in [7, 11) is -6.75. The summed E-state index contributed by atoms with van der Waals surface area (Å²) < 4.78 is 60.3. The molecule has 0 aliphatic carbocycles. The average Bonchev–Trinajstić information content (AvgIpc) is 3.11. The Labute approximate surface area is 275 Å². The highest BCUT2D eigenvalue weighted by Gasteiger charge is 2.37. The molecule has 0 N–H and O–H groups in total. The first-order valence-electron chi connectivity index (χ1n) is 15.1. The molecule has 1 saturated heterocycles. The van der Waals surface area contributed by atoms with Crippen LogP contribution in [0.3, 0.4) is 0 Å². The second kappa shape index (κ2) is 13.5. The SMILES string of the molecule is CN(C(Cc1ccc(OS(=O)(=O)c2ccccc2)cc1)C(=O)N1CCN(c2ccccc2)CC1)S(=O)(=O)c1cccc2cnccc12. The fourth-order valence-corrected chi connectivity index (χ4v) is 8.19. The molecule has 0 saturated carbocycles. The Balaban J connectivity index is 1.27. The van der Waals surface area contributed by atoms with E-state index in [4.69, 9.17) is 4.18 Å². The van der Waals surface area contributed by atoms with Crippen LogP contribution in [0, 0.1) is 0 Å². The second-order valence-electron chi connectivity index (χ2n) is 11.2. The van der Waals surface area contributed by atoms with Crippen LogP contribution >= 0.6 is 0 Å². The maximum Gasteiger partial charge on any atom is 0.339 e. The smallest absolute Gasteiger partial charge is 0.339 e. The molecule has 0 spiro atoms. The van der Waals surface area contributed by atoms with Crippen LogP contribution in [0.1, 0.15) is 5.56 Å². The summed E-state index contributed by atoms with van der Waals surface area (Å²) in [6.07, 6.45) is 3.20. The van der Waals surface area contributed by atoms with Crippen molar-refractivity contribution in [3.05, 3.63) is 127 Å². The fourth-order valence-electron chi connectivity index (χ4n) is 5.71. The Kier molecular flexibility index (Phi) is 9.26. The highest BCUT2D eigenvalue weighted by molar-refractivity contribution is 7.89. The van der Waals surface area contributed by atoms with E-state index in [1.54, 1.807) is 59.6 Å². The van der Waals surface area contributed by atoms with Gasteiger partial charge in [-0.1, -0.05) is 60.7 Å². The van der Waals surface area contributed by atoms with Gasteiger partial charge in [0, 0.05) is 62.1 Å². The van der Waals surface area contributed by atoms with E-state index in [2.05, 4.69) is 9.88 Å². The first-order valence-corrected chi connectivity index (χ1v) is 18.0. The number of pyridine rings is 1. The molecule has 1 fully saturated rings. The van der Waals surface area contributed by atoms with Crippen LogP contribution in [-0.4, -0.2) is 76.2 Å². The molecule has 1 aliphatic rings. The molecule has 47 heavy (non-hydrogen) atoms. The van der Waals surface area contributed by atoms with Crippen molar-refractivity contribution >= 4 is 42.5 Å². The Morgan fingerprint density at radius 1 is 0.809 bits per heavy atom. The van der Waals surface area contributed by atoms with E-state index in [-0.39, 0.29) is 27.9 Å². The Morgan fingerprint density at radius 3 is 2.15 bits per heavy atom. The van der Waals surface area contributed by atoms with Crippen LogP contribution < -0.4 is 9.08 Å². The summed E-state index contributed by atoms with van der Waals surface area (Å²) in [6, 6.07) is 29.6. The lowest BCUT2D eigenvalue weighted by molar-refractivity contribution is -0.135. The number of likely N-dealkylation sites (N-methyl/N-ethyl adjacent to an activating group) is 1. The number of fused-ring (bicyclic) bond motifs is 1. The fraction of sp³-hybridized carbons (Fsp3) is 0.200. The average molecular weight is 671 g/mol. The molecular weight excluding hydrogens is 637 g/mol. The zero-order valence-corrected chi connectivity index (χ0v) is 27.3. The van der Waals surface area contributed by atoms with Gasteiger partial charge in [0.05, 0.1) is 4.90 Å². The molecule has 5 aromatic rings. The van der Waals surface area contributed by atoms with Gasteiger partial charge in [0.2, 0.25) is 15.9 Å². The maximum atomic E-state index is 14.2. The first kappa shape index (κ1) is 32.2. The molecule has 2 heterocycles. The largest absolute Gasteiger partial charge is 0.379 e. The lowest BCUT2D eigenvalue weighted by Gasteiger charge is -2.39. The minimum Gasteiger partial charge on any atom is -0.379 e. The molecule has 1 aliphatic heterocycles. The van der Waals surface area contributed by atoms with E-state index < -0.39 is 26.2 Å². The topological polar surface area (TPSA) is 117 Å². The molecule has 1 amide bonds. The number of nitrogens with zero attached hydrogens (tertiary/aromatic N) is 4. The number of para-hydroxylation sites is 1. The minimum atomic E-state index is -4.14. The summed E-state index contributed by atoms with van der Waals surface area (Å²) in [5.74, 6) is -0.208. The van der Waals surface area contributed by atoms with Crippen LogP contribution in [0.2, 0.25) is 0 Å². The zero-order valence-electron chi connectivity index (χ0n) is 25.7. The number of hydrogen-bond acceptors (Lipinski definition) is 8. The second-order valence-corrected chi connectivity index (χ2v) is 14.7. The van der Waals surface area contributed by atoms with Gasteiger partial charge in [-0.15, -0.1) is 0 Å². The van der Waals surface area contributed by atoms with Gasteiger partial charge >= 0.3 is 10.1 Å². The molecule has 4 aromatic carbocycles. The summed E-state index contributed by atoms with van der Waals surface area (Å²) in [5.41, 5.74) is 1.71. The number of sulfonamides is 1. The van der Waals surface area contributed by atoms with E-state index in [9.17, 15) is 21.6 Å². The standard InChI is InChI=1S/C35H34N4O6S2/c1-37(46(41,42)34-14-8-9-28-26-36-20-19-32(28)34)33(35(40)39-23-21-38(22-24-39)29-10-4-2-5-11-29)25-27-15-17-30(18-16-27)45-47(43,44)31-12-6-3-7-13-31/h2-20,26,33H,21-25H2,1H3. The molecule has 242 valence electrons. The van der Waals surface area contributed by atoms with Crippen LogP contribution in [-0.2, 0) is 31.4 Å². The van der Waals surface area contributed by atoms with Crippen LogP contribution in [0.15, 0.2) is 131 Å². The number of hydrogen-bond donors (Lipinski definition) is 0. The van der Waals surface area contributed by atoms with Gasteiger partial charge in [-0.25, -0.2) is 8.42 Å². The number of carbonyl (C=O) groups is 1. The quantitative estimate of drug-likeness (QED) is 0.198. The monoisotopic (exact) mass is 670 g/mol. The van der Waals surface area contributed by atoms with Crippen LogP contribution in [0.25, 0.3) is 10.8 Å². The molecule has 1 atom stereocenters. The molecular formula is C35H34N4O6S2. The number of rotatable bonds is 10. The minimum absolute atomic E-state index is 0.0261. The van der Waals surface area contributed by atoms with Crippen molar-refractivity contribution < 1.29 is 25.8 Å². The molecule has 0 radical (unpaired) electrons. The van der Waals surface area contributed by atoms with E-state index >= 15 is 0 Å². The van der Waals surface area contributed by atoms with Crippen molar-refractivity contribution in [2.75, 3.05) is 38.1 Å². The van der Waals surface area contributed by atoms with Gasteiger partial charge in [0.25, 0.3) is 0 Å². The van der Waals surface area contributed by atoms with Crippen molar-refractivity contribution in [2.45, 2.75) is 22.3 Å². The number of amides is 1. The van der Waals surface area contributed by atoms with Crippen molar-refractivity contribution in [1.29, 1.82) is 0 Å².